The lowest BCUT2D eigenvalue weighted by molar-refractivity contribution is 0.201. The summed E-state index contributed by atoms with van der Waals surface area (Å²) in [4.78, 5) is 2.51. The average Bonchev–Trinajstić information content (AvgIpc) is 2.48. The van der Waals surface area contributed by atoms with Gasteiger partial charge in [0.05, 0.1) is 11.1 Å². The van der Waals surface area contributed by atoms with E-state index in [1.165, 1.54) is 22.3 Å². The smallest absolute Gasteiger partial charge is 0.134 e. The Morgan fingerprint density at radius 3 is 2.60 bits per heavy atom. The van der Waals surface area contributed by atoms with Crippen LogP contribution in [0, 0.1) is 0 Å². The van der Waals surface area contributed by atoms with Crippen LogP contribution in [0.15, 0.2) is 36.4 Å². The van der Waals surface area contributed by atoms with Crippen LogP contribution in [0.3, 0.4) is 0 Å². The molecule has 0 aliphatic carbocycles. The summed E-state index contributed by atoms with van der Waals surface area (Å²) in [6, 6.07) is 12.7. The molecule has 1 unspecified atom stereocenters. The number of hydrogen-bond acceptors (Lipinski definition) is 2. The molecule has 2 aliphatic rings. The molecule has 0 fully saturated rings. The molecule has 102 valence electrons. The molecule has 2 aromatic rings. The number of halogens is 1. The molecule has 0 aromatic heterocycles. The van der Waals surface area contributed by atoms with Gasteiger partial charge in [-0.25, -0.2) is 0 Å². The largest absolute Gasteiger partial charge is 0.506 e. The van der Waals surface area contributed by atoms with E-state index < -0.39 is 0 Å². The Labute approximate surface area is 123 Å². The van der Waals surface area contributed by atoms with E-state index in [0.717, 1.165) is 25.9 Å². The molecule has 0 amide bonds. The van der Waals surface area contributed by atoms with E-state index in [-0.39, 0.29) is 11.8 Å². The van der Waals surface area contributed by atoms with E-state index in [4.69, 9.17) is 11.6 Å². The van der Waals surface area contributed by atoms with Crippen molar-refractivity contribution in [2.75, 3.05) is 13.1 Å². The van der Waals surface area contributed by atoms with Crippen molar-refractivity contribution >= 4 is 11.6 Å². The van der Waals surface area contributed by atoms with E-state index in [2.05, 4.69) is 29.2 Å². The molecule has 2 aromatic carbocycles. The van der Waals surface area contributed by atoms with Crippen LogP contribution < -0.4 is 0 Å². The minimum Gasteiger partial charge on any atom is -0.506 e. The van der Waals surface area contributed by atoms with Crippen molar-refractivity contribution in [2.24, 2.45) is 0 Å². The average molecular weight is 286 g/mol. The van der Waals surface area contributed by atoms with E-state index in [1.54, 1.807) is 0 Å². The van der Waals surface area contributed by atoms with Gasteiger partial charge in [0.15, 0.2) is 0 Å². The van der Waals surface area contributed by atoms with Crippen molar-refractivity contribution in [1.82, 2.24) is 4.90 Å². The highest BCUT2D eigenvalue weighted by Gasteiger charge is 2.33. The van der Waals surface area contributed by atoms with Crippen molar-refractivity contribution < 1.29 is 5.11 Å². The molecule has 1 N–H and O–H groups in total. The van der Waals surface area contributed by atoms with Gasteiger partial charge in [0.2, 0.25) is 0 Å². The number of rotatable bonds is 0. The molecule has 0 spiro atoms. The molecule has 1 atom stereocenters. The lowest BCUT2D eigenvalue weighted by Gasteiger charge is -2.42. The van der Waals surface area contributed by atoms with Crippen molar-refractivity contribution in [3.63, 3.8) is 0 Å². The Bertz CT molecular complexity index is 683. The van der Waals surface area contributed by atoms with E-state index >= 15 is 0 Å². The summed E-state index contributed by atoms with van der Waals surface area (Å²) in [6.45, 7) is 2.15. The molecule has 2 aliphatic heterocycles. The number of phenolic OH excluding ortho intramolecular Hbond substituents is 1. The standard InChI is InChI=1S/C17H16ClNO/c18-15-9-12-6-8-19-7-5-11-3-1-2-4-13(11)17(19)14(12)10-16(15)20/h1-4,9-10,17,20H,5-8H2. The molecular formula is C17H16ClNO. The fraction of sp³-hybridized carbons (Fsp3) is 0.294. The van der Waals surface area contributed by atoms with Gasteiger partial charge in [-0.1, -0.05) is 35.9 Å². The Morgan fingerprint density at radius 1 is 1.00 bits per heavy atom. The van der Waals surface area contributed by atoms with Crippen LogP contribution in [0.1, 0.15) is 28.3 Å². The Morgan fingerprint density at radius 2 is 1.75 bits per heavy atom. The summed E-state index contributed by atoms with van der Waals surface area (Å²) < 4.78 is 0. The Kier molecular flexibility index (Phi) is 2.76. The van der Waals surface area contributed by atoms with Crippen LogP contribution in [-0.2, 0) is 12.8 Å². The quantitative estimate of drug-likeness (QED) is 0.800. The van der Waals surface area contributed by atoms with Gasteiger partial charge in [-0.3, -0.25) is 4.90 Å². The molecule has 2 nitrogen and oxygen atoms in total. The monoisotopic (exact) mass is 285 g/mol. The summed E-state index contributed by atoms with van der Waals surface area (Å²) >= 11 is 6.06. The number of aromatic hydroxyl groups is 1. The van der Waals surface area contributed by atoms with Crippen molar-refractivity contribution in [2.45, 2.75) is 18.9 Å². The second-order valence-electron chi connectivity index (χ2n) is 5.64. The minimum atomic E-state index is 0.190. The highest BCUT2D eigenvalue weighted by Crippen LogP contribution is 2.42. The van der Waals surface area contributed by atoms with Gasteiger partial charge < -0.3 is 5.11 Å². The first-order valence-corrected chi connectivity index (χ1v) is 7.45. The van der Waals surface area contributed by atoms with Gasteiger partial charge in [-0.05, 0) is 47.2 Å². The van der Waals surface area contributed by atoms with Crippen LogP contribution >= 0.6 is 11.6 Å². The van der Waals surface area contributed by atoms with Crippen LogP contribution in [0.4, 0.5) is 0 Å². The number of fused-ring (bicyclic) bond motifs is 5. The molecule has 20 heavy (non-hydrogen) atoms. The van der Waals surface area contributed by atoms with Gasteiger partial charge >= 0.3 is 0 Å². The van der Waals surface area contributed by atoms with Crippen LogP contribution in [0.2, 0.25) is 5.02 Å². The molecule has 3 heteroatoms. The Hall–Kier alpha value is -1.51. The lowest BCUT2D eigenvalue weighted by atomic mass is 9.82. The van der Waals surface area contributed by atoms with E-state index in [9.17, 15) is 5.11 Å². The second kappa shape index (κ2) is 4.51. The number of nitrogens with zero attached hydrogens (tertiary/aromatic N) is 1. The third kappa shape index (κ3) is 1.75. The molecular weight excluding hydrogens is 270 g/mol. The van der Waals surface area contributed by atoms with Crippen LogP contribution in [0.5, 0.6) is 5.75 Å². The number of phenols is 1. The summed E-state index contributed by atoms with van der Waals surface area (Å²) in [5.41, 5.74) is 5.29. The second-order valence-corrected chi connectivity index (χ2v) is 6.05. The predicted octanol–water partition coefficient (Wildman–Crippen LogP) is 3.55. The molecule has 0 radical (unpaired) electrons. The summed E-state index contributed by atoms with van der Waals surface area (Å²) in [7, 11) is 0. The maximum Gasteiger partial charge on any atom is 0.134 e. The molecule has 2 heterocycles. The summed E-state index contributed by atoms with van der Waals surface area (Å²) in [5.74, 6) is 0.190. The Balaban J connectivity index is 1.92. The van der Waals surface area contributed by atoms with Crippen LogP contribution in [0.25, 0.3) is 0 Å². The first kappa shape index (κ1) is 12.2. The minimum absolute atomic E-state index is 0.190. The number of benzene rings is 2. The summed E-state index contributed by atoms with van der Waals surface area (Å²) in [6.07, 6.45) is 2.12. The topological polar surface area (TPSA) is 23.5 Å². The van der Waals surface area contributed by atoms with Gasteiger partial charge in [-0.15, -0.1) is 0 Å². The first-order chi connectivity index (χ1) is 9.74. The van der Waals surface area contributed by atoms with E-state index in [0.29, 0.717) is 5.02 Å². The molecule has 0 bridgehead atoms. The maximum absolute atomic E-state index is 9.96. The summed E-state index contributed by atoms with van der Waals surface area (Å²) in [5, 5.41) is 10.4. The molecule has 0 saturated heterocycles. The van der Waals surface area contributed by atoms with Gasteiger partial charge in [-0.2, -0.15) is 0 Å². The number of hydrogen-bond donors (Lipinski definition) is 1. The highest BCUT2D eigenvalue weighted by molar-refractivity contribution is 6.32. The molecule has 4 rings (SSSR count). The third-order valence-electron chi connectivity index (χ3n) is 4.55. The molecule has 0 saturated carbocycles. The zero-order valence-electron chi connectivity index (χ0n) is 11.1. The predicted molar refractivity (Wildman–Crippen MR) is 80.4 cm³/mol. The fourth-order valence-electron chi connectivity index (χ4n) is 3.58. The zero-order valence-corrected chi connectivity index (χ0v) is 11.9. The SMILES string of the molecule is Oc1cc2c(cc1Cl)CCN1CCc3ccccc3C21. The fourth-order valence-corrected chi connectivity index (χ4v) is 3.76. The van der Waals surface area contributed by atoms with Crippen molar-refractivity contribution in [3.8, 4) is 5.75 Å². The van der Waals surface area contributed by atoms with Gasteiger partial charge in [0.25, 0.3) is 0 Å². The van der Waals surface area contributed by atoms with Crippen molar-refractivity contribution in [1.29, 1.82) is 0 Å². The van der Waals surface area contributed by atoms with Crippen LogP contribution in [-0.4, -0.2) is 23.1 Å². The van der Waals surface area contributed by atoms with Gasteiger partial charge in [0, 0.05) is 13.1 Å². The lowest BCUT2D eigenvalue weighted by Crippen LogP contribution is -2.40. The normalized spacial score (nSPS) is 20.9. The first-order valence-electron chi connectivity index (χ1n) is 7.07. The third-order valence-corrected chi connectivity index (χ3v) is 4.86. The zero-order chi connectivity index (χ0) is 13.7. The van der Waals surface area contributed by atoms with Gasteiger partial charge in [0.1, 0.15) is 5.75 Å². The highest BCUT2D eigenvalue weighted by atomic mass is 35.5. The van der Waals surface area contributed by atoms with E-state index in [1.807, 2.05) is 12.1 Å². The van der Waals surface area contributed by atoms with Crippen molar-refractivity contribution in [3.05, 3.63) is 63.7 Å². The maximum atomic E-state index is 9.96.